The van der Waals surface area contributed by atoms with E-state index < -0.39 is 0 Å². The van der Waals surface area contributed by atoms with Crippen LogP contribution in [0.1, 0.15) is 24.2 Å². The highest BCUT2D eigenvalue weighted by Crippen LogP contribution is 2.26. The van der Waals surface area contributed by atoms with E-state index in [1.165, 1.54) is 5.56 Å². The Kier molecular flexibility index (Phi) is 5.29. The second-order valence-electron chi connectivity index (χ2n) is 5.98. The first-order valence-electron chi connectivity index (χ1n) is 8.28. The van der Waals surface area contributed by atoms with Crippen molar-refractivity contribution < 1.29 is 9.21 Å². The summed E-state index contributed by atoms with van der Waals surface area (Å²) in [5, 5.41) is 8.86. The normalized spacial score (nSPS) is 13.6. The van der Waals surface area contributed by atoms with E-state index in [4.69, 9.17) is 9.68 Å². The average Bonchev–Trinajstić information content (AvgIpc) is 3.12. The lowest BCUT2D eigenvalue weighted by Gasteiger charge is -2.31. The second kappa shape index (κ2) is 7.80. The summed E-state index contributed by atoms with van der Waals surface area (Å²) in [4.78, 5) is 16.7. The van der Waals surface area contributed by atoms with Crippen molar-refractivity contribution in [2.24, 2.45) is 0 Å². The zero-order valence-corrected chi connectivity index (χ0v) is 13.6. The lowest BCUT2D eigenvalue weighted by Crippen LogP contribution is -2.42. The van der Waals surface area contributed by atoms with Gasteiger partial charge in [-0.05, 0) is 36.6 Å². The number of hydrogen-bond donors (Lipinski definition) is 0. The highest BCUT2D eigenvalue weighted by Gasteiger charge is 2.24. The number of rotatable bonds is 6. The van der Waals surface area contributed by atoms with E-state index in [1.807, 2.05) is 40.1 Å². The molecule has 0 atom stereocenters. The molecular formula is C19H21N3O2. The summed E-state index contributed by atoms with van der Waals surface area (Å²) in [5.74, 6) is 0.881. The van der Waals surface area contributed by atoms with Gasteiger partial charge in [0.15, 0.2) is 0 Å². The van der Waals surface area contributed by atoms with Crippen molar-refractivity contribution in [1.29, 1.82) is 5.26 Å². The van der Waals surface area contributed by atoms with Crippen LogP contribution in [0, 0.1) is 11.3 Å². The molecule has 0 fully saturated rings. The summed E-state index contributed by atoms with van der Waals surface area (Å²) in [6, 6.07) is 14.0. The zero-order valence-electron chi connectivity index (χ0n) is 13.6. The molecule has 0 radical (unpaired) electrons. The van der Waals surface area contributed by atoms with Gasteiger partial charge in [-0.15, -0.1) is 0 Å². The van der Waals surface area contributed by atoms with Crippen LogP contribution in [-0.2, 0) is 17.8 Å². The van der Waals surface area contributed by atoms with Gasteiger partial charge in [0.05, 0.1) is 25.4 Å². The Morgan fingerprint density at radius 2 is 2.17 bits per heavy atom. The number of fused-ring (bicyclic) bond motifs is 1. The zero-order chi connectivity index (χ0) is 16.8. The molecule has 124 valence electrons. The number of anilines is 1. The number of carbonyl (C=O) groups excluding carboxylic acids is 1. The molecule has 24 heavy (non-hydrogen) atoms. The molecule has 1 aromatic heterocycles. The number of furan rings is 1. The van der Waals surface area contributed by atoms with Crippen LogP contribution < -0.4 is 4.90 Å². The minimum Gasteiger partial charge on any atom is -0.468 e. The molecule has 1 aliphatic heterocycles. The molecule has 0 aliphatic carbocycles. The maximum Gasteiger partial charge on any atom is 0.241 e. The number of amides is 1. The number of carbonyl (C=O) groups is 1. The van der Waals surface area contributed by atoms with E-state index in [9.17, 15) is 4.79 Å². The Morgan fingerprint density at radius 1 is 1.29 bits per heavy atom. The molecule has 1 aromatic carbocycles. The van der Waals surface area contributed by atoms with E-state index in [2.05, 4.69) is 12.1 Å². The third kappa shape index (κ3) is 3.84. The molecule has 5 heteroatoms. The number of aryl methyl sites for hydroxylation is 1. The smallest absolute Gasteiger partial charge is 0.241 e. The van der Waals surface area contributed by atoms with Crippen LogP contribution in [0.4, 0.5) is 5.69 Å². The van der Waals surface area contributed by atoms with E-state index >= 15 is 0 Å². The van der Waals surface area contributed by atoms with Crippen LogP contribution in [0.5, 0.6) is 0 Å². The van der Waals surface area contributed by atoms with Crippen LogP contribution in [0.25, 0.3) is 0 Å². The molecule has 3 rings (SSSR count). The largest absolute Gasteiger partial charge is 0.468 e. The van der Waals surface area contributed by atoms with Crippen LogP contribution in [0.3, 0.4) is 0 Å². The standard InChI is InChI=1S/C19H21N3O2/c20-10-5-11-21(14-17-8-4-13-24-17)15-19(23)22-12-3-7-16-6-1-2-9-18(16)22/h1-2,4,6,8-9,13H,3,5,7,11-12,14-15H2. The monoisotopic (exact) mass is 323 g/mol. The van der Waals surface area contributed by atoms with Gasteiger partial charge in [0.25, 0.3) is 0 Å². The van der Waals surface area contributed by atoms with Gasteiger partial charge in [0, 0.05) is 25.2 Å². The van der Waals surface area contributed by atoms with Gasteiger partial charge in [-0.25, -0.2) is 0 Å². The predicted octanol–water partition coefficient (Wildman–Crippen LogP) is 2.97. The molecule has 0 bridgehead atoms. The minimum atomic E-state index is 0.0756. The summed E-state index contributed by atoms with van der Waals surface area (Å²) in [6.45, 7) is 2.13. The Balaban J connectivity index is 1.70. The topological polar surface area (TPSA) is 60.5 Å². The van der Waals surface area contributed by atoms with E-state index in [0.717, 1.165) is 30.8 Å². The Hall–Kier alpha value is -2.58. The Bertz CT molecular complexity index is 718. The number of benzene rings is 1. The highest BCUT2D eigenvalue weighted by molar-refractivity contribution is 5.95. The first kappa shape index (κ1) is 16.3. The molecule has 5 nitrogen and oxygen atoms in total. The van der Waals surface area contributed by atoms with Crippen LogP contribution in [0.2, 0.25) is 0 Å². The quantitative estimate of drug-likeness (QED) is 0.820. The van der Waals surface area contributed by atoms with E-state index in [1.54, 1.807) is 6.26 Å². The third-order valence-electron chi connectivity index (χ3n) is 4.27. The van der Waals surface area contributed by atoms with Crippen molar-refractivity contribution in [3.05, 3.63) is 54.0 Å². The van der Waals surface area contributed by atoms with E-state index in [0.29, 0.717) is 19.5 Å². The molecule has 0 saturated heterocycles. The van der Waals surface area contributed by atoms with Crippen LogP contribution >= 0.6 is 0 Å². The van der Waals surface area contributed by atoms with Crippen molar-refractivity contribution in [3.8, 4) is 6.07 Å². The average molecular weight is 323 g/mol. The summed E-state index contributed by atoms with van der Waals surface area (Å²) < 4.78 is 5.38. The Labute approximate surface area is 142 Å². The lowest BCUT2D eigenvalue weighted by molar-refractivity contribution is -0.120. The van der Waals surface area contributed by atoms with Gasteiger partial charge in [0.2, 0.25) is 5.91 Å². The summed E-state index contributed by atoms with van der Waals surface area (Å²) in [6.07, 6.45) is 4.02. The molecule has 2 aromatic rings. The predicted molar refractivity (Wildman–Crippen MR) is 91.3 cm³/mol. The number of nitriles is 1. The molecule has 0 saturated carbocycles. The van der Waals surface area contributed by atoms with Gasteiger partial charge >= 0.3 is 0 Å². The molecule has 1 amide bonds. The van der Waals surface area contributed by atoms with Crippen molar-refractivity contribution in [2.75, 3.05) is 24.5 Å². The van der Waals surface area contributed by atoms with Crippen LogP contribution in [-0.4, -0.2) is 30.4 Å². The number of hydrogen-bond acceptors (Lipinski definition) is 4. The van der Waals surface area contributed by atoms with Gasteiger partial charge in [-0.2, -0.15) is 5.26 Å². The summed E-state index contributed by atoms with van der Waals surface area (Å²) in [7, 11) is 0. The van der Waals surface area contributed by atoms with Crippen molar-refractivity contribution in [3.63, 3.8) is 0 Å². The molecule has 0 N–H and O–H groups in total. The van der Waals surface area contributed by atoms with Gasteiger partial charge in [-0.3, -0.25) is 9.69 Å². The fourth-order valence-corrected chi connectivity index (χ4v) is 3.11. The summed E-state index contributed by atoms with van der Waals surface area (Å²) in [5.41, 5.74) is 2.25. The van der Waals surface area contributed by atoms with E-state index in [-0.39, 0.29) is 12.5 Å². The number of nitrogens with zero attached hydrogens (tertiary/aromatic N) is 3. The summed E-state index contributed by atoms with van der Waals surface area (Å²) >= 11 is 0. The third-order valence-corrected chi connectivity index (χ3v) is 4.27. The first-order chi connectivity index (χ1) is 11.8. The SMILES string of the molecule is N#CCCN(CC(=O)N1CCCc2ccccc21)Cc1ccco1. The molecule has 1 aliphatic rings. The number of para-hydroxylation sites is 1. The fourth-order valence-electron chi connectivity index (χ4n) is 3.11. The second-order valence-corrected chi connectivity index (χ2v) is 5.98. The molecule has 0 spiro atoms. The molecule has 2 heterocycles. The van der Waals surface area contributed by atoms with Gasteiger partial charge in [0.1, 0.15) is 5.76 Å². The van der Waals surface area contributed by atoms with Crippen molar-refractivity contribution >= 4 is 11.6 Å². The molecular weight excluding hydrogens is 302 g/mol. The van der Waals surface area contributed by atoms with Crippen molar-refractivity contribution in [1.82, 2.24) is 4.90 Å². The van der Waals surface area contributed by atoms with Gasteiger partial charge < -0.3 is 9.32 Å². The molecule has 0 unspecified atom stereocenters. The first-order valence-corrected chi connectivity index (χ1v) is 8.28. The Morgan fingerprint density at radius 3 is 2.96 bits per heavy atom. The maximum atomic E-state index is 12.8. The fraction of sp³-hybridized carbons (Fsp3) is 0.368. The van der Waals surface area contributed by atoms with Crippen molar-refractivity contribution in [2.45, 2.75) is 25.8 Å². The van der Waals surface area contributed by atoms with Gasteiger partial charge in [-0.1, -0.05) is 18.2 Å². The van der Waals surface area contributed by atoms with Crippen LogP contribution in [0.15, 0.2) is 47.1 Å². The lowest BCUT2D eigenvalue weighted by atomic mass is 10.0. The minimum absolute atomic E-state index is 0.0756. The highest BCUT2D eigenvalue weighted by atomic mass is 16.3. The maximum absolute atomic E-state index is 12.8.